The number of hydrogen-bond acceptors (Lipinski definition) is 2. The lowest BCUT2D eigenvalue weighted by molar-refractivity contribution is 0.237. The first kappa shape index (κ1) is 10.2. The maximum absolute atomic E-state index is 5.82. The molecular formula is C14H20N2. The summed E-state index contributed by atoms with van der Waals surface area (Å²) in [5, 5.41) is 0. The molecule has 86 valence electrons. The molecule has 2 aliphatic rings. The fourth-order valence-electron chi connectivity index (χ4n) is 3.17. The van der Waals surface area contributed by atoms with Crippen LogP contribution in [0.15, 0.2) is 18.2 Å². The molecule has 1 saturated carbocycles. The first-order valence-electron chi connectivity index (χ1n) is 6.41. The van der Waals surface area contributed by atoms with Crippen molar-refractivity contribution in [3.8, 4) is 0 Å². The van der Waals surface area contributed by atoms with Gasteiger partial charge in [-0.2, -0.15) is 0 Å². The Balaban J connectivity index is 1.65. The minimum Gasteiger partial charge on any atom is -0.399 e. The fraction of sp³-hybridized carbons (Fsp3) is 0.571. The van der Waals surface area contributed by atoms with Crippen LogP contribution in [0.25, 0.3) is 0 Å². The molecule has 1 fully saturated rings. The van der Waals surface area contributed by atoms with Gasteiger partial charge in [-0.1, -0.05) is 18.9 Å². The van der Waals surface area contributed by atoms with Gasteiger partial charge in [0.25, 0.3) is 0 Å². The Hall–Kier alpha value is -1.02. The molecule has 2 N–H and O–H groups in total. The van der Waals surface area contributed by atoms with Gasteiger partial charge in [-0.25, -0.2) is 0 Å². The molecule has 0 aromatic heterocycles. The number of benzene rings is 1. The lowest BCUT2D eigenvalue weighted by Crippen LogP contribution is -2.23. The van der Waals surface area contributed by atoms with E-state index in [2.05, 4.69) is 17.0 Å². The number of rotatable bonds is 2. The normalized spacial score (nSPS) is 21.5. The second-order valence-electron chi connectivity index (χ2n) is 5.35. The van der Waals surface area contributed by atoms with Crippen molar-refractivity contribution < 1.29 is 0 Å². The van der Waals surface area contributed by atoms with Crippen molar-refractivity contribution in [2.24, 2.45) is 5.92 Å². The third-order valence-electron chi connectivity index (χ3n) is 4.01. The van der Waals surface area contributed by atoms with Crippen LogP contribution in [0, 0.1) is 5.92 Å². The third kappa shape index (κ3) is 1.94. The molecule has 1 aromatic carbocycles. The molecule has 1 heterocycles. The smallest absolute Gasteiger partial charge is 0.0317 e. The van der Waals surface area contributed by atoms with Crippen LogP contribution < -0.4 is 5.73 Å². The Morgan fingerprint density at radius 1 is 1.12 bits per heavy atom. The van der Waals surface area contributed by atoms with Gasteiger partial charge < -0.3 is 5.73 Å². The SMILES string of the molecule is Nc1ccc2c(c1)CN(CC1CCCC1)C2. The van der Waals surface area contributed by atoms with E-state index in [4.69, 9.17) is 5.73 Å². The molecule has 1 aliphatic carbocycles. The van der Waals surface area contributed by atoms with Gasteiger partial charge in [-0.05, 0) is 42.0 Å². The predicted octanol–water partition coefficient (Wildman–Crippen LogP) is 2.77. The summed E-state index contributed by atoms with van der Waals surface area (Å²) in [7, 11) is 0. The molecule has 0 unspecified atom stereocenters. The van der Waals surface area contributed by atoms with Crippen LogP contribution in [0.2, 0.25) is 0 Å². The summed E-state index contributed by atoms with van der Waals surface area (Å²) in [4.78, 5) is 2.58. The van der Waals surface area contributed by atoms with Gasteiger partial charge in [0, 0.05) is 25.3 Å². The Bertz CT molecular complexity index is 380. The molecule has 0 radical (unpaired) electrons. The first-order chi connectivity index (χ1) is 7.81. The van der Waals surface area contributed by atoms with E-state index in [9.17, 15) is 0 Å². The summed E-state index contributed by atoms with van der Waals surface area (Å²) in [5.74, 6) is 0.951. The lowest BCUT2D eigenvalue weighted by atomic mass is 10.1. The van der Waals surface area contributed by atoms with E-state index < -0.39 is 0 Å². The van der Waals surface area contributed by atoms with Gasteiger partial charge in [-0.15, -0.1) is 0 Å². The number of nitrogen functional groups attached to an aromatic ring is 1. The summed E-state index contributed by atoms with van der Waals surface area (Å²) in [5.41, 5.74) is 9.65. The summed E-state index contributed by atoms with van der Waals surface area (Å²) in [6, 6.07) is 6.36. The van der Waals surface area contributed by atoms with Gasteiger partial charge in [0.2, 0.25) is 0 Å². The van der Waals surface area contributed by atoms with Crippen molar-refractivity contribution in [2.75, 3.05) is 12.3 Å². The summed E-state index contributed by atoms with van der Waals surface area (Å²) in [6.07, 6.45) is 5.76. The first-order valence-corrected chi connectivity index (χ1v) is 6.41. The summed E-state index contributed by atoms with van der Waals surface area (Å²) >= 11 is 0. The summed E-state index contributed by atoms with van der Waals surface area (Å²) in [6.45, 7) is 3.53. The molecule has 0 bridgehead atoms. The van der Waals surface area contributed by atoms with Gasteiger partial charge in [-0.3, -0.25) is 4.90 Å². The van der Waals surface area contributed by atoms with E-state index in [1.165, 1.54) is 43.4 Å². The van der Waals surface area contributed by atoms with Crippen molar-refractivity contribution in [3.05, 3.63) is 29.3 Å². The fourth-order valence-corrected chi connectivity index (χ4v) is 3.17. The van der Waals surface area contributed by atoms with Gasteiger partial charge in [0.05, 0.1) is 0 Å². The average molecular weight is 216 g/mol. The van der Waals surface area contributed by atoms with E-state index in [-0.39, 0.29) is 0 Å². The zero-order chi connectivity index (χ0) is 11.0. The largest absolute Gasteiger partial charge is 0.399 e. The van der Waals surface area contributed by atoms with Crippen LogP contribution in [0.3, 0.4) is 0 Å². The van der Waals surface area contributed by atoms with Crippen LogP contribution in [0.4, 0.5) is 5.69 Å². The Kier molecular flexibility index (Phi) is 2.60. The molecule has 0 spiro atoms. The highest BCUT2D eigenvalue weighted by atomic mass is 15.1. The number of hydrogen-bond donors (Lipinski definition) is 1. The molecule has 0 atom stereocenters. The molecule has 0 saturated heterocycles. The average Bonchev–Trinajstić information content (AvgIpc) is 2.86. The van der Waals surface area contributed by atoms with E-state index in [1.54, 1.807) is 0 Å². The monoisotopic (exact) mass is 216 g/mol. The molecule has 1 aliphatic heterocycles. The van der Waals surface area contributed by atoms with E-state index in [1.807, 2.05) is 6.07 Å². The highest BCUT2D eigenvalue weighted by molar-refractivity contribution is 5.46. The Labute approximate surface area is 97.4 Å². The van der Waals surface area contributed by atoms with Crippen molar-refractivity contribution in [3.63, 3.8) is 0 Å². The Morgan fingerprint density at radius 2 is 1.88 bits per heavy atom. The van der Waals surface area contributed by atoms with Crippen molar-refractivity contribution in [1.82, 2.24) is 4.90 Å². The maximum Gasteiger partial charge on any atom is 0.0317 e. The number of nitrogens with zero attached hydrogens (tertiary/aromatic N) is 1. The molecule has 1 aromatic rings. The minimum atomic E-state index is 0.904. The molecule has 2 heteroatoms. The van der Waals surface area contributed by atoms with Crippen LogP contribution in [-0.4, -0.2) is 11.4 Å². The van der Waals surface area contributed by atoms with Crippen LogP contribution in [-0.2, 0) is 13.1 Å². The van der Waals surface area contributed by atoms with Gasteiger partial charge >= 0.3 is 0 Å². The number of nitrogens with two attached hydrogens (primary N) is 1. The molecular weight excluding hydrogens is 196 g/mol. The van der Waals surface area contributed by atoms with Crippen LogP contribution >= 0.6 is 0 Å². The van der Waals surface area contributed by atoms with E-state index in [0.717, 1.165) is 24.7 Å². The van der Waals surface area contributed by atoms with Crippen molar-refractivity contribution >= 4 is 5.69 Å². The lowest BCUT2D eigenvalue weighted by Gasteiger charge is -2.19. The zero-order valence-corrected chi connectivity index (χ0v) is 9.78. The standard InChI is InChI=1S/C14H20N2/c15-14-6-5-12-9-16(10-13(12)7-14)8-11-3-1-2-4-11/h5-7,11H,1-4,8-10,15H2. The highest BCUT2D eigenvalue weighted by Gasteiger charge is 2.23. The van der Waals surface area contributed by atoms with Crippen LogP contribution in [0.5, 0.6) is 0 Å². The van der Waals surface area contributed by atoms with Gasteiger partial charge in [0.15, 0.2) is 0 Å². The zero-order valence-electron chi connectivity index (χ0n) is 9.78. The Morgan fingerprint density at radius 3 is 2.69 bits per heavy atom. The van der Waals surface area contributed by atoms with E-state index in [0.29, 0.717) is 0 Å². The van der Waals surface area contributed by atoms with Crippen molar-refractivity contribution in [2.45, 2.75) is 38.8 Å². The van der Waals surface area contributed by atoms with Gasteiger partial charge in [0.1, 0.15) is 0 Å². The minimum absolute atomic E-state index is 0.904. The third-order valence-corrected chi connectivity index (χ3v) is 4.01. The topological polar surface area (TPSA) is 29.3 Å². The van der Waals surface area contributed by atoms with Crippen molar-refractivity contribution in [1.29, 1.82) is 0 Å². The second-order valence-corrected chi connectivity index (χ2v) is 5.35. The summed E-state index contributed by atoms with van der Waals surface area (Å²) < 4.78 is 0. The molecule has 3 rings (SSSR count). The molecule has 16 heavy (non-hydrogen) atoms. The highest BCUT2D eigenvalue weighted by Crippen LogP contribution is 2.30. The predicted molar refractivity (Wildman–Crippen MR) is 66.9 cm³/mol. The molecule has 0 amide bonds. The maximum atomic E-state index is 5.82. The number of anilines is 1. The second kappa shape index (κ2) is 4.10. The van der Waals surface area contributed by atoms with E-state index >= 15 is 0 Å². The molecule has 2 nitrogen and oxygen atoms in total. The van der Waals surface area contributed by atoms with Crippen LogP contribution in [0.1, 0.15) is 36.8 Å². The quantitative estimate of drug-likeness (QED) is 0.770. The number of fused-ring (bicyclic) bond motifs is 1.